The van der Waals surface area contributed by atoms with Crippen molar-refractivity contribution in [3.63, 3.8) is 0 Å². The largest absolute Gasteiger partial charge is 0.482 e. The number of benzene rings is 2. The number of esters is 1. The van der Waals surface area contributed by atoms with Crippen molar-refractivity contribution in [3.8, 4) is 28.1 Å². The van der Waals surface area contributed by atoms with Gasteiger partial charge >= 0.3 is 11.9 Å². The fraction of sp³-hybridized carbons (Fsp3) is 0.346. The van der Waals surface area contributed by atoms with E-state index < -0.39 is 36.9 Å². The second kappa shape index (κ2) is 9.89. The molecule has 0 spiro atoms. The van der Waals surface area contributed by atoms with Gasteiger partial charge in [-0.05, 0) is 68.3 Å². The topological polar surface area (TPSA) is 94.5 Å². The highest BCUT2D eigenvalue weighted by molar-refractivity contribution is 5.97. The first-order chi connectivity index (χ1) is 17.7. The van der Waals surface area contributed by atoms with Crippen molar-refractivity contribution in [1.82, 2.24) is 15.1 Å². The predicted molar refractivity (Wildman–Crippen MR) is 129 cm³/mol. The molecule has 1 atom stereocenters. The van der Waals surface area contributed by atoms with Crippen LogP contribution in [0.3, 0.4) is 0 Å². The number of nitrogens with one attached hydrogen (secondary N) is 2. The molecule has 3 aromatic rings. The van der Waals surface area contributed by atoms with Gasteiger partial charge in [0.25, 0.3) is 5.91 Å². The van der Waals surface area contributed by atoms with Crippen molar-refractivity contribution >= 4 is 17.6 Å². The molecule has 2 aromatic carbocycles. The van der Waals surface area contributed by atoms with Crippen LogP contribution >= 0.6 is 0 Å². The fourth-order valence-corrected chi connectivity index (χ4v) is 4.61. The maximum atomic E-state index is 15.0. The number of carbonyl (C=O) groups is 2. The van der Waals surface area contributed by atoms with Crippen LogP contribution in [0.1, 0.15) is 18.5 Å². The molecule has 2 aliphatic heterocycles. The van der Waals surface area contributed by atoms with Crippen LogP contribution in [0, 0.1) is 12.7 Å². The summed E-state index contributed by atoms with van der Waals surface area (Å²) in [4.78, 5) is 23.9. The summed E-state index contributed by atoms with van der Waals surface area (Å²) in [6, 6.07) is 9.98. The van der Waals surface area contributed by atoms with E-state index in [0.717, 1.165) is 11.1 Å². The lowest BCUT2D eigenvalue weighted by Gasteiger charge is -2.20. The van der Waals surface area contributed by atoms with Gasteiger partial charge in [-0.1, -0.05) is 6.07 Å². The van der Waals surface area contributed by atoms with Gasteiger partial charge in [-0.25, -0.2) is 13.2 Å². The van der Waals surface area contributed by atoms with Gasteiger partial charge in [0, 0.05) is 11.1 Å². The Morgan fingerprint density at radius 3 is 2.70 bits per heavy atom. The number of nitrogens with zero attached hydrogens (tertiary/aromatic N) is 2. The second-order valence-electron chi connectivity index (χ2n) is 9.13. The molecule has 1 aromatic heterocycles. The van der Waals surface area contributed by atoms with Crippen molar-refractivity contribution < 1.29 is 32.2 Å². The molecule has 1 fully saturated rings. The van der Waals surface area contributed by atoms with Gasteiger partial charge in [0.05, 0.1) is 17.1 Å². The van der Waals surface area contributed by atoms with Crippen LogP contribution in [-0.2, 0) is 20.9 Å². The molecule has 3 heterocycles. The molecule has 1 saturated heterocycles. The summed E-state index contributed by atoms with van der Waals surface area (Å²) in [6.45, 7) is 0.267. The monoisotopic (exact) mass is 514 g/mol. The molecule has 1 amide bonds. The molecular formula is C26H25F3N4O4. The van der Waals surface area contributed by atoms with Crippen molar-refractivity contribution in [2.75, 3.05) is 25.1 Å². The highest BCUT2D eigenvalue weighted by atomic mass is 19.3. The number of hydrogen-bond acceptors (Lipinski definition) is 6. The zero-order chi connectivity index (χ0) is 26.2. The number of anilines is 1. The average molecular weight is 515 g/mol. The van der Waals surface area contributed by atoms with Gasteiger partial charge in [-0.3, -0.25) is 14.3 Å². The minimum Gasteiger partial charge on any atom is -0.482 e. The molecule has 11 heteroatoms. The molecule has 2 N–H and O–H groups in total. The highest BCUT2D eigenvalue weighted by Crippen LogP contribution is 2.40. The minimum atomic E-state index is -3.42. The van der Waals surface area contributed by atoms with Gasteiger partial charge in [0.15, 0.2) is 13.2 Å². The number of rotatable bonds is 7. The smallest absolute Gasteiger partial charge is 0.323 e. The van der Waals surface area contributed by atoms with Crippen molar-refractivity contribution in [3.05, 3.63) is 54.0 Å². The second-order valence-corrected chi connectivity index (χ2v) is 9.13. The molecule has 37 heavy (non-hydrogen) atoms. The maximum absolute atomic E-state index is 15.0. The normalized spacial score (nSPS) is 17.2. The first-order valence-electron chi connectivity index (χ1n) is 11.9. The van der Waals surface area contributed by atoms with Crippen LogP contribution in [-0.4, -0.2) is 53.4 Å². The summed E-state index contributed by atoms with van der Waals surface area (Å²) in [5.74, 6) is -4.41. The van der Waals surface area contributed by atoms with Crippen LogP contribution < -0.4 is 15.4 Å². The van der Waals surface area contributed by atoms with E-state index in [4.69, 9.17) is 9.47 Å². The van der Waals surface area contributed by atoms with Gasteiger partial charge in [0.2, 0.25) is 0 Å². The average Bonchev–Trinajstić information content (AvgIpc) is 3.51. The molecule has 0 saturated carbocycles. The first kappa shape index (κ1) is 24.8. The number of aromatic nitrogens is 2. The molecule has 5 rings (SSSR count). The number of ether oxygens (including phenoxy) is 2. The van der Waals surface area contributed by atoms with Crippen molar-refractivity contribution in [2.24, 2.45) is 0 Å². The molecule has 2 aliphatic rings. The zero-order valence-electron chi connectivity index (χ0n) is 20.0. The van der Waals surface area contributed by atoms with Crippen molar-refractivity contribution in [2.45, 2.75) is 38.3 Å². The lowest BCUT2D eigenvalue weighted by molar-refractivity contribution is -0.158. The summed E-state index contributed by atoms with van der Waals surface area (Å²) in [7, 11) is 0. The Morgan fingerprint density at radius 1 is 1.22 bits per heavy atom. The summed E-state index contributed by atoms with van der Waals surface area (Å²) >= 11 is 0. The minimum absolute atomic E-state index is 0.0966. The fourth-order valence-electron chi connectivity index (χ4n) is 4.61. The van der Waals surface area contributed by atoms with E-state index in [1.807, 2.05) is 0 Å². The van der Waals surface area contributed by atoms with E-state index in [0.29, 0.717) is 52.5 Å². The zero-order valence-corrected chi connectivity index (χ0v) is 20.0. The van der Waals surface area contributed by atoms with Crippen molar-refractivity contribution in [1.29, 1.82) is 0 Å². The van der Waals surface area contributed by atoms with Gasteiger partial charge < -0.3 is 20.1 Å². The Balaban J connectivity index is 1.49. The maximum Gasteiger partial charge on any atom is 0.323 e. The van der Waals surface area contributed by atoms with E-state index >= 15 is 8.78 Å². The third kappa shape index (κ3) is 5.31. The van der Waals surface area contributed by atoms with Gasteiger partial charge in [-0.2, -0.15) is 5.10 Å². The highest BCUT2D eigenvalue weighted by Gasteiger charge is 2.36. The lowest BCUT2D eigenvalue weighted by Crippen LogP contribution is -2.37. The van der Waals surface area contributed by atoms with Crippen LogP contribution in [0.25, 0.3) is 22.4 Å². The van der Waals surface area contributed by atoms with Crippen LogP contribution in [0.15, 0.2) is 42.5 Å². The summed E-state index contributed by atoms with van der Waals surface area (Å²) in [6.07, 6.45) is 1.33. The molecular weight excluding hydrogens is 489 g/mol. The first-order valence-corrected chi connectivity index (χ1v) is 11.9. The number of fused-ring (bicyclic) bond motifs is 1. The van der Waals surface area contributed by atoms with Crippen LogP contribution in [0.4, 0.5) is 18.9 Å². The van der Waals surface area contributed by atoms with Crippen LogP contribution in [0.2, 0.25) is 0 Å². The molecule has 0 bridgehead atoms. The molecule has 194 valence electrons. The standard InChI is InChI=1S/C26H25F3N4O4/c1-15-23(17-6-9-21-20(11-17)31-22(34)12-36-21)24(16-4-7-18(27)8-5-16)33(32-15)13-26(28,29)14-37-25(35)19-3-2-10-30-19/h4-9,11,19,30H,2-3,10,12-14H2,1H3,(H,31,34)/t19-/m0/s1. The third-order valence-corrected chi connectivity index (χ3v) is 6.30. The third-order valence-electron chi connectivity index (χ3n) is 6.30. The number of halogens is 3. The summed E-state index contributed by atoms with van der Waals surface area (Å²) in [5.41, 5.74) is 2.85. The molecule has 0 radical (unpaired) electrons. The van der Waals surface area contributed by atoms with E-state index in [1.54, 1.807) is 25.1 Å². The molecule has 0 aliphatic carbocycles. The van der Waals surface area contributed by atoms with Gasteiger partial charge in [-0.15, -0.1) is 0 Å². The summed E-state index contributed by atoms with van der Waals surface area (Å²) < 4.78 is 55.3. The van der Waals surface area contributed by atoms with E-state index in [9.17, 15) is 14.0 Å². The number of aryl methyl sites for hydroxylation is 1. The Bertz CT molecular complexity index is 1330. The van der Waals surface area contributed by atoms with Gasteiger partial charge in [0.1, 0.15) is 24.2 Å². The lowest BCUT2D eigenvalue weighted by atomic mass is 9.98. The predicted octanol–water partition coefficient (Wildman–Crippen LogP) is 3.93. The SMILES string of the molecule is Cc1nn(CC(F)(F)COC(=O)[C@@H]2CCCN2)c(-c2ccc(F)cc2)c1-c1ccc2c(c1)NC(=O)CO2. The summed E-state index contributed by atoms with van der Waals surface area (Å²) in [5, 5.41) is 10.0. The molecule has 8 nitrogen and oxygen atoms in total. The van der Waals surface area contributed by atoms with E-state index in [2.05, 4.69) is 15.7 Å². The number of carbonyl (C=O) groups excluding carboxylic acids is 2. The Labute approximate surface area is 210 Å². The molecule has 0 unspecified atom stereocenters. The number of hydrogen-bond donors (Lipinski definition) is 2. The number of amides is 1. The quantitative estimate of drug-likeness (QED) is 0.464. The Kier molecular flexibility index (Phi) is 6.63. The van der Waals surface area contributed by atoms with E-state index in [1.165, 1.54) is 24.3 Å². The van der Waals surface area contributed by atoms with Crippen LogP contribution in [0.5, 0.6) is 5.75 Å². The number of alkyl halides is 2. The Hall–Kier alpha value is -3.86. The Morgan fingerprint density at radius 2 is 1.97 bits per heavy atom. The van der Waals surface area contributed by atoms with E-state index in [-0.39, 0.29) is 12.5 Å².